The molecule has 0 aliphatic carbocycles. The number of benzene rings is 2. The fourth-order valence-electron chi connectivity index (χ4n) is 6.83. The lowest BCUT2D eigenvalue weighted by Gasteiger charge is -2.42. The maximum Gasteiger partial charge on any atom is 0.318 e. The Kier molecular flexibility index (Phi) is 8.09. The van der Waals surface area contributed by atoms with Gasteiger partial charge < -0.3 is 19.4 Å². The molecule has 6 rings (SSSR count). The molecule has 9 nitrogen and oxygen atoms in total. The van der Waals surface area contributed by atoms with Gasteiger partial charge in [-0.2, -0.15) is 15.2 Å². The number of hydrogen-bond donors (Lipinski definition) is 0. The van der Waals surface area contributed by atoms with E-state index in [1.54, 1.807) is 4.90 Å². The Hall–Kier alpha value is -4.00. The monoisotopic (exact) mass is 565 g/mol. The van der Waals surface area contributed by atoms with E-state index in [4.69, 9.17) is 14.7 Å². The molecule has 2 saturated heterocycles. The predicted molar refractivity (Wildman–Crippen MR) is 163 cm³/mol. The lowest BCUT2D eigenvalue weighted by molar-refractivity contribution is -0.128. The number of likely N-dealkylation sites (N-methyl/N-ethyl adjacent to an activating group) is 2. The fourth-order valence-corrected chi connectivity index (χ4v) is 6.83. The van der Waals surface area contributed by atoms with Crippen LogP contribution in [-0.2, 0) is 17.8 Å². The summed E-state index contributed by atoms with van der Waals surface area (Å²) in [4.78, 5) is 31.3. The van der Waals surface area contributed by atoms with Crippen LogP contribution in [0.3, 0.4) is 0 Å². The van der Waals surface area contributed by atoms with Gasteiger partial charge in [-0.05, 0) is 55.9 Å². The van der Waals surface area contributed by atoms with Crippen molar-refractivity contribution in [3.8, 4) is 12.1 Å². The summed E-state index contributed by atoms with van der Waals surface area (Å²) >= 11 is 0. The minimum atomic E-state index is -0.235. The number of hydrogen-bond acceptors (Lipinski definition) is 8. The number of nitriles is 1. The van der Waals surface area contributed by atoms with Crippen molar-refractivity contribution in [1.82, 2.24) is 24.7 Å². The summed E-state index contributed by atoms with van der Waals surface area (Å²) in [6.07, 6.45) is 4.61. The van der Waals surface area contributed by atoms with Gasteiger partial charge in [0.25, 0.3) is 0 Å². The summed E-state index contributed by atoms with van der Waals surface area (Å²) in [6, 6.07) is 18.0. The molecular weight excluding hydrogens is 526 g/mol. The summed E-state index contributed by atoms with van der Waals surface area (Å²) in [5.41, 5.74) is 3.40. The fraction of sp³-hybridized carbons (Fsp3) is 0.455. The van der Waals surface area contributed by atoms with Crippen LogP contribution in [0.5, 0.6) is 6.01 Å². The minimum absolute atomic E-state index is 0.137. The molecule has 3 aromatic rings. The predicted octanol–water partition coefficient (Wildman–Crippen LogP) is 3.95. The van der Waals surface area contributed by atoms with Crippen molar-refractivity contribution in [2.45, 2.75) is 50.4 Å². The lowest BCUT2D eigenvalue weighted by atomic mass is 9.90. The number of likely N-dealkylation sites (tertiary alicyclic amines) is 1. The highest BCUT2D eigenvalue weighted by atomic mass is 16.5. The second-order valence-corrected chi connectivity index (χ2v) is 11.7. The number of carbonyl (C=O) groups is 1. The number of fused-ring (bicyclic) bond motifs is 2. The largest absolute Gasteiger partial charge is 0.462 e. The number of aromatic nitrogens is 2. The quantitative estimate of drug-likeness (QED) is 0.398. The zero-order valence-corrected chi connectivity index (χ0v) is 24.6. The van der Waals surface area contributed by atoms with Gasteiger partial charge in [0, 0.05) is 50.2 Å². The van der Waals surface area contributed by atoms with Gasteiger partial charge in [-0.15, -0.1) is 0 Å². The summed E-state index contributed by atoms with van der Waals surface area (Å²) in [7, 11) is 4.31. The van der Waals surface area contributed by atoms with Crippen LogP contribution in [0.1, 0.15) is 42.1 Å². The molecule has 2 fully saturated rings. The normalized spacial score (nSPS) is 23.0. The van der Waals surface area contributed by atoms with Gasteiger partial charge in [0.2, 0.25) is 5.91 Å². The van der Waals surface area contributed by atoms with Gasteiger partial charge in [-0.1, -0.05) is 49.0 Å². The van der Waals surface area contributed by atoms with Crippen LogP contribution in [0.2, 0.25) is 0 Å². The zero-order chi connectivity index (χ0) is 29.2. The second kappa shape index (κ2) is 12.1. The first kappa shape index (κ1) is 28.1. The highest BCUT2D eigenvalue weighted by Gasteiger charge is 2.35. The molecular formula is C33H39N7O2. The van der Waals surface area contributed by atoms with E-state index in [0.29, 0.717) is 44.8 Å². The van der Waals surface area contributed by atoms with Crippen LogP contribution in [-0.4, -0.2) is 89.5 Å². The van der Waals surface area contributed by atoms with E-state index in [1.165, 1.54) is 28.8 Å². The number of piperazine rings is 1. The van der Waals surface area contributed by atoms with Crippen LogP contribution >= 0.6 is 0 Å². The molecule has 3 atom stereocenters. The molecule has 1 aromatic heterocycles. The van der Waals surface area contributed by atoms with Crippen molar-refractivity contribution in [3.05, 3.63) is 71.9 Å². The maximum atomic E-state index is 12.6. The molecule has 2 aromatic carbocycles. The highest BCUT2D eigenvalue weighted by Crippen LogP contribution is 2.39. The molecule has 42 heavy (non-hydrogen) atoms. The summed E-state index contributed by atoms with van der Waals surface area (Å²) in [5, 5.41) is 12.0. The summed E-state index contributed by atoms with van der Waals surface area (Å²) < 4.78 is 6.31. The number of ether oxygens (including phenoxy) is 1. The van der Waals surface area contributed by atoms with E-state index in [2.05, 4.69) is 83.9 Å². The number of carbonyl (C=O) groups excluding carboxylic acids is 1. The average molecular weight is 566 g/mol. The van der Waals surface area contributed by atoms with Gasteiger partial charge in [-0.25, -0.2) is 0 Å². The molecule has 4 heterocycles. The average Bonchev–Trinajstić information content (AvgIpc) is 3.43. The van der Waals surface area contributed by atoms with Gasteiger partial charge in [0.15, 0.2) is 0 Å². The first-order valence-electron chi connectivity index (χ1n) is 14.9. The van der Waals surface area contributed by atoms with E-state index < -0.39 is 0 Å². The Bertz CT molecular complexity index is 1510. The van der Waals surface area contributed by atoms with Gasteiger partial charge in [0.1, 0.15) is 12.4 Å². The lowest BCUT2D eigenvalue weighted by Crippen LogP contribution is -2.55. The third-order valence-electron chi connectivity index (χ3n) is 9.20. The third-order valence-corrected chi connectivity index (χ3v) is 9.20. The van der Waals surface area contributed by atoms with E-state index in [0.717, 1.165) is 36.5 Å². The van der Waals surface area contributed by atoms with Crippen LogP contribution < -0.4 is 9.64 Å². The number of nitrogens with zero attached hydrogens (tertiary/aromatic N) is 7. The van der Waals surface area contributed by atoms with Crippen LogP contribution in [0, 0.1) is 11.3 Å². The van der Waals surface area contributed by atoms with Crippen molar-refractivity contribution >= 4 is 22.5 Å². The first-order chi connectivity index (χ1) is 20.5. The van der Waals surface area contributed by atoms with Gasteiger partial charge in [-0.3, -0.25) is 9.69 Å². The molecule has 9 heteroatoms. The zero-order valence-electron chi connectivity index (χ0n) is 24.6. The Morgan fingerprint density at radius 3 is 2.71 bits per heavy atom. The second-order valence-electron chi connectivity index (χ2n) is 11.7. The van der Waals surface area contributed by atoms with Crippen molar-refractivity contribution < 1.29 is 9.53 Å². The number of anilines is 1. The third kappa shape index (κ3) is 5.44. The molecule has 0 spiro atoms. The number of amides is 1. The van der Waals surface area contributed by atoms with E-state index in [1.807, 2.05) is 0 Å². The summed E-state index contributed by atoms with van der Waals surface area (Å²) in [6.45, 7) is 7.64. The standard InChI is InChI=1S/C33H39N7O2/c1-4-31(41)40-18-17-39(20-24(40)14-15-34)32-28-21-38(3)30(27-13-7-10-23-9-5-6-12-26(23)27)19-29(28)35-33(36-32)42-22-25-11-8-16-37(25)2/h4-7,9-10,12-13,24-25,30H,1,8,11,14,16-22H2,2-3H3. The highest BCUT2D eigenvalue weighted by molar-refractivity contribution is 5.87. The molecule has 0 bridgehead atoms. The molecule has 0 radical (unpaired) electrons. The Balaban J connectivity index is 1.35. The number of rotatable bonds is 7. The molecule has 0 N–H and O–H groups in total. The topological polar surface area (TPSA) is 88.8 Å². The van der Waals surface area contributed by atoms with Gasteiger partial charge >= 0.3 is 6.01 Å². The molecule has 3 unspecified atom stereocenters. The molecule has 1 amide bonds. The first-order valence-corrected chi connectivity index (χ1v) is 14.9. The smallest absolute Gasteiger partial charge is 0.318 e. The van der Waals surface area contributed by atoms with E-state index >= 15 is 0 Å². The van der Waals surface area contributed by atoms with Crippen molar-refractivity contribution in [2.24, 2.45) is 0 Å². The Morgan fingerprint density at radius 1 is 1.10 bits per heavy atom. The van der Waals surface area contributed by atoms with E-state index in [9.17, 15) is 10.1 Å². The molecule has 3 aliphatic heterocycles. The maximum absolute atomic E-state index is 12.6. The Labute approximate surface area is 248 Å². The van der Waals surface area contributed by atoms with Crippen LogP contribution in [0.15, 0.2) is 55.1 Å². The molecule has 3 aliphatic rings. The van der Waals surface area contributed by atoms with Gasteiger partial charge in [0.05, 0.1) is 24.2 Å². The molecule has 218 valence electrons. The minimum Gasteiger partial charge on any atom is -0.462 e. The Morgan fingerprint density at radius 2 is 1.93 bits per heavy atom. The van der Waals surface area contributed by atoms with E-state index in [-0.39, 0.29) is 24.4 Å². The molecule has 0 saturated carbocycles. The SMILES string of the molecule is C=CC(=O)N1CCN(c2nc(OCC3CCCN3C)nc3c2CN(C)C(c2cccc4ccccc24)C3)CC1CC#N. The van der Waals surface area contributed by atoms with Crippen molar-refractivity contribution in [3.63, 3.8) is 0 Å². The summed E-state index contributed by atoms with van der Waals surface area (Å²) in [5.74, 6) is 0.716. The van der Waals surface area contributed by atoms with Crippen molar-refractivity contribution in [1.29, 1.82) is 5.26 Å². The van der Waals surface area contributed by atoms with Crippen LogP contribution in [0.25, 0.3) is 10.8 Å². The van der Waals surface area contributed by atoms with Crippen molar-refractivity contribution in [2.75, 3.05) is 51.8 Å². The van der Waals surface area contributed by atoms with Crippen LogP contribution in [0.4, 0.5) is 5.82 Å².